The van der Waals surface area contributed by atoms with Crippen molar-refractivity contribution in [1.82, 2.24) is 10.6 Å². The van der Waals surface area contributed by atoms with Gasteiger partial charge in [-0.25, -0.2) is 4.79 Å². The van der Waals surface area contributed by atoms with Crippen LogP contribution in [0.3, 0.4) is 0 Å². The molecule has 140 valence electrons. The number of amides is 3. The summed E-state index contributed by atoms with van der Waals surface area (Å²) in [7, 11) is 0. The van der Waals surface area contributed by atoms with Crippen molar-refractivity contribution in [3.8, 4) is 5.75 Å². The van der Waals surface area contributed by atoms with Gasteiger partial charge < -0.3 is 20.7 Å². The molecule has 0 aromatic heterocycles. The van der Waals surface area contributed by atoms with Gasteiger partial charge in [0.25, 0.3) is 5.91 Å². The van der Waals surface area contributed by atoms with Crippen LogP contribution in [-0.4, -0.2) is 18.5 Å². The van der Waals surface area contributed by atoms with Crippen molar-refractivity contribution in [2.45, 2.75) is 19.9 Å². The average molecular weight is 386 g/mol. The molecule has 1 unspecified atom stereocenters. The molecule has 0 fully saturated rings. The molecule has 6 nitrogen and oxygen atoms in total. The van der Waals surface area contributed by atoms with E-state index in [4.69, 9.17) is 16.3 Å². The maximum absolute atomic E-state index is 12.9. The number of anilines is 1. The second-order valence-electron chi connectivity index (χ2n) is 6.04. The molecule has 0 aliphatic carbocycles. The van der Waals surface area contributed by atoms with Crippen LogP contribution in [0.2, 0.25) is 5.02 Å². The lowest BCUT2D eigenvalue weighted by atomic mass is 9.94. The number of nitrogens with one attached hydrogen (secondary N) is 3. The van der Waals surface area contributed by atoms with E-state index in [2.05, 4.69) is 16.0 Å². The molecule has 1 atom stereocenters. The molecule has 3 amide bonds. The van der Waals surface area contributed by atoms with E-state index in [9.17, 15) is 9.59 Å². The van der Waals surface area contributed by atoms with Crippen LogP contribution in [0.1, 0.15) is 25.5 Å². The van der Waals surface area contributed by atoms with Crippen LogP contribution >= 0.6 is 11.6 Å². The third-order valence-electron chi connectivity index (χ3n) is 4.12. The van der Waals surface area contributed by atoms with Crippen LogP contribution in [0.25, 0.3) is 0 Å². The minimum atomic E-state index is -0.575. The lowest BCUT2D eigenvalue weighted by Crippen LogP contribution is -2.45. The summed E-state index contributed by atoms with van der Waals surface area (Å²) in [6.07, 6.45) is 0. The Balaban J connectivity index is 1.90. The van der Waals surface area contributed by atoms with Crippen LogP contribution in [0.5, 0.6) is 5.75 Å². The molecule has 0 radical (unpaired) electrons. The number of benzene rings is 2. The highest BCUT2D eigenvalue weighted by Crippen LogP contribution is 2.29. The smallest absolute Gasteiger partial charge is 0.319 e. The summed E-state index contributed by atoms with van der Waals surface area (Å²) >= 11 is 5.98. The van der Waals surface area contributed by atoms with Gasteiger partial charge in [0.15, 0.2) is 0 Å². The van der Waals surface area contributed by atoms with E-state index >= 15 is 0 Å². The Morgan fingerprint density at radius 3 is 2.63 bits per heavy atom. The second-order valence-corrected chi connectivity index (χ2v) is 6.47. The van der Waals surface area contributed by atoms with Crippen LogP contribution < -0.4 is 20.7 Å². The zero-order valence-corrected chi connectivity index (χ0v) is 15.8. The van der Waals surface area contributed by atoms with E-state index in [-0.39, 0.29) is 11.9 Å². The Bertz CT molecular complexity index is 894. The first kappa shape index (κ1) is 18.8. The Labute approximate surface area is 162 Å². The van der Waals surface area contributed by atoms with Crippen molar-refractivity contribution in [3.05, 3.63) is 70.4 Å². The van der Waals surface area contributed by atoms with Crippen molar-refractivity contribution in [1.29, 1.82) is 0 Å². The van der Waals surface area contributed by atoms with E-state index < -0.39 is 6.04 Å². The van der Waals surface area contributed by atoms with Crippen LogP contribution in [0.15, 0.2) is 59.8 Å². The number of hydrogen-bond acceptors (Lipinski definition) is 3. The molecule has 1 aliphatic rings. The van der Waals surface area contributed by atoms with Crippen LogP contribution in [-0.2, 0) is 4.79 Å². The molecule has 2 aromatic rings. The van der Waals surface area contributed by atoms with E-state index in [1.54, 1.807) is 31.2 Å². The zero-order valence-electron chi connectivity index (χ0n) is 15.0. The third kappa shape index (κ3) is 4.41. The second kappa shape index (κ2) is 8.14. The number of carbonyl (C=O) groups excluding carboxylic acids is 2. The number of rotatable bonds is 5. The molecule has 0 spiro atoms. The average Bonchev–Trinajstić information content (AvgIpc) is 2.62. The molecule has 7 heteroatoms. The topological polar surface area (TPSA) is 79.5 Å². The van der Waals surface area contributed by atoms with Crippen LogP contribution in [0.4, 0.5) is 10.5 Å². The van der Waals surface area contributed by atoms with Gasteiger partial charge in [-0.15, -0.1) is 0 Å². The number of halogens is 1. The quantitative estimate of drug-likeness (QED) is 0.727. The number of ether oxygens (including phenoxy) is 1. The lowest BCUT2D eigenvalue weighted by Gasteiger charge is -2.28. The fraction of sp³-hybridized carbons (Fsp3) is 0.200. The van der Waals surface area contributed by atoms with Gasteiger partial charge in [-0.05, 0) is 49.7 Å². The first-order valence-electron chi connectivity index (χ1n) is 8.56. The number of carbonyl (C=O) groups is 2. The minimum absolute atomic E-state index is 0.318. The molecule has 1 aliphatic heterocycles. The normalized spacial score (nSPS) is 16.4. The first-order valence-corrected chi connectivity index (χ1v) is 8.93. The molecule has 1 heterocycles. The summed E-state index contributed by atoms with van der Waals surface area (Å²) < 4.78 is 5.45. The van der Waals surface area contributed by atoms with Crippen molar-refractivity contribution in [2.75, 3.05) is 11.9 Å². The fourth-order valence-corrected chi connectivity index (χ4v) is 3.12. The standard InChI is InChI=1S/C20H20ClN3O3/c1-3-27-16-9-7-13(8-10-16)18-17(12(2)22-20(26)24-18)19(25)23-15-6-4-5-14(21)11-15/h4-11,18H,3H2,1-2H3,(H,23,25)(H2,22,24,26). The molecule has 2 aromatic carbocycles. The van der Waals surface area contributed by atoms with Gasteiger partial charge >= 0.3 is 6.03 Å². The summed E-state index contributed by atoms with van der Waals surface area (Å²) in [4.78, 5) is 24.9. The van der Waals surface area contributed by atoms with E-state index in [0.717, 1.165) is 11.3 Å². The van der Waals surface area contributed by atoms with Gasteiger partial charge in [0.2, 0.25) is 0 Å². The summed E-state index contributed by atoms with van der Waals surface area (Å²) in [5.41, 5.74) is 2.29. The predicted octanol–water partition coefficient (Wildman–Crippen LogP) is 4.01. The summed E-state index contributed by atoms with van der Waals surface area (Å²) in [5.74, 6) is 0.410. The number of urea groups is 1. The Hall–Kier alpha value is -2.99. The zero-order chi connectivity index (χ0) is 19.4. The van der Waals surface area contributed by atoms with Gasteiger partial charge in [-0.2, -0.15) is 0 Å². The summed E-state index contributed by atoms with van der Waals surface area (Å²) in [6, 6.07) is 13.3. The highest BCUT2D eigenvalue weighted by Gasteiger charge is 2.31. The highest BCUT2D eigenvalue weighted by atomic mass is 35.5. The Kier molecular flexibility index (Phi) is 5.66. The van der Waals surface area contributed by atoms with Crippen LogP contribution in [0, 0.1) is 0 Å². The van der Waals surface area contributed by atoms with Crippen molar-refractivity contribution in [3.63, 3.8) is 0 Å². The van der Waals surface area contributed by atoms with Gasteiger partial charge in [0.05, 0.1) is 18.2 Å². The number of allylic oxidation sites excluding steroid dienone is 1. The molecule has 3 N–H and O–H groups in total. The van der Waals surface area contributed by atoms with E-state index in [0.29, 0.717) is 28.6 Å². The van der Waals surface area contributed by atoms with Gasteiger partial charge in [0, 0.05) is 16.4 Å². The Morgan fingerprint density at radius 1 is 1.22 bits per heavy atom. The van der Waals surface area contributed by atoms with Crippen molar-refractivity contribution < 1.29 is 14.3 Å². The SMILES string of the molecule is CCOc1ccc(C2NC(=O)NC(C)=C2C(=O)Nc2cccc(Cl)c2)cc1. The van der Waals surface area contributed by atoms with E-state index in [1.165, 1.54) is 0 Å². The summed E-state index contributed by atoms with van der Waals surface area (Å²) in [5, 5.41) is 8.82. The summed E-state index contributed by atoms with van der Waals surface area (Å²) in [6.45, 7) is 4.17. The van der Waals surface area contributed by atoms with E-state index in [1.807, 2.05) is 31.2 Å². The third-order valence-corrected chi connectivity index (χ3v) is 4.36. The highest BCUT2D eigenvalue weighted by molar-refractivity contribution is 6.31. The molecular formula is C20H20ClN3O3. The first-order chi connectivity index (χ1) is 13.0. The van der Waals surface area contributed by atoms with Crippen molar-refractivity contribution in [2.24, 2.45) is 0 Å². The molecular weight excluding hydrogens is 366 g/mol. The maximum Gasteiger partial charge on any atom is 0.319 e. The van der Waals surface area contributed by atoms with Crippen molar-refractivity contribution >= 4 is 29.2 Å². The monoisotopic (exact) mass is 385 g/mol. The molecule has 0 bridgehead atoms. The van der Waals surface area contributed by atoms with Gasteiger partial charge in [-0.1, -0.05) is 29.8 Å². The Morgan fingerprint density at radius 2 is 1.96 bits per heavy atom. The fourth-order valence-electron chi connectivity index (χ4n) is 2.93. The molecule has 3 rings (SSSR count). The van der Waals surface area contributed by atoms with Gasteiger partial charge in [-0.3, -0.25) is 4.79 Å². The largest absolute Gasteiger partial charge is 0.494 e. The molecule has 27 heavy (non-hydrogen) atoms. The minimum Gasteiger partial charge on any atom is -0.494 e. The molecule has 0 saturated heterocycles. The maximum atomic E-state index is 12.9. The lowest BCUT2D eigenvalue weighted by molar-refractivity contribution is -0.113. The predicted molar refractivity (Wildman–Crippen MR) is 105 cm³/mol. The number of hydrogen-bond donors (Lipinski definition) is 3. The van der Waals surface area contributed by atoms with Gasteiger partial charge in [0.1, 0.15) is 5.75 Å². The molecule has 0 saturated carbocycles.